The van der Waals surface area contributed by atoms with Crippen molar-refractivity contribution in [2.75, 3.05) is 14.2 Å². The van der Waals surface area contributed by atoms with Crippen molar-refractivity contribution in [3.63, 3.8) is 0 Å². The first-order valence-electron chi connectivity index (χ1n) is 5.22. The zero-order valence-corrected chi connectivity index (χ0v) is 12.3. The van der Waals surface area contributed by atoms with Gasteiger partial charge in [0.05, 0.1) is 19.1 Å². The fraction of sp³-hybridized carbons (Fsp3) is 0.167. The lowest BCUT2D eigenvalue weighted by Crippen LogP contribution is -2.10. The Bertz CT molecular complexity index is 706. The van der Waals surface area contributed by atoms with Crippen LogP contribution in [0.25, 0.3) is 10.1 Å². The number of ether oxygens (including phenoxy) is 2. The molecule has 0 aliphatic heterocycles. The number of hydrogen-bond donors (Lipinski definition) is 2. The number of oxime groups is 1. The number of rotatable bonds is 3. The van der Waals surface area contributed by atoms with Gasteiger partial charge in [-0.3, -0.25) is 0 Å². The maximum Gasteiger partial charge on any atom is 0.180 e. The molecule has 0 unspecified atom stereocenters. The second-order valence-electron chi connectivity index (χ2n) is 3.61. The van der Waals surface area contributed by atoms with Crippen LogP contribution in [0.3, 0.4) is 0 Å². The normalized spacial score (nSPS) is 10.8. The van der Waals surface area contributed by atoms with Crippen molar-refractivity contribution in [3.8, 4) is 17.6 Å². The van der Waals surface area contributed by atoms with E-state index in [2.05, 4.69) is 11.2 Å². The molecule has 0 radical (unpaired) electrons. The van der Waals surface area contributed by atoms with Gasteiger partial charge in [-0.05, 0) is 6.07 Å². The van der Waals surface area contributed by atoms with E-state index in [1.807, 2.05) is 0 Å². The van der Waals surface area contributed by atoms with E-state index in [9.17, 15) is 5.26 Å². The number of hydrogen-bond acceptors (Lipinski definition) is 6. The lowest BCUT2D eigenvalue weighted by atomic mass is 10.1. The molecule has 20 heavy (non-hydrogen) atoms. The second kappa shape index (κ2) is 6.32. The van der Waals surface area contributed by atoms with E-state index < -0.39 is 0 Å². The molecule has 1 aromatic carbocycles. The number of halogens is 1. The molecular weight excluding hydrogens is 302 g/mol. The number of thiophene rings is 1. The molecule has 6 nitrogen and oxygen atoms in total. The molecule has 0 aliphatic rings. The average Bonchev–Trinajstić information content (AvgIpc) is 2.87. The Kier molecular flexibility index (Phi) is 5.02. The predicted molar refractivity (Wildman–Crippen MR) is 79.4 cm³/mol. The highest BCUT2D eigenvalue weighted by molar-refractivity contribution is 7.21. The summed E-state index contributed by atoms with van der Waals surface area (Å²) >= 11 is 1.31. The van der Waals surface area contributed by atoms with E-state index in [0.29, 0.717) is 27.3 Å². The maximum absolute atomic E-state index is 9.28. The molecule has 0 saturated heterocycles. The average molecular weight is 314 g/mol. The van der Waals surface area contributed by atoms with Crippen LogP contribution < -0.4 is 15.2 Å². The smallest absolute Gasteiger partial charge is 0.180 e. The largest absolute Gasteiger partial charge is 0.493 e. The Balaban J connectivity index is 0.00000200. The van der Waals surface area contributed by atoms with Crippen LogP contribution in [0.15, 0.2) is 17.3 Å². The standard InChI is InChI=1S/C12H11N3O3S.ClH/c1-17-8-4-9-6(7(5-13)11(8)18-2)3-10(19-9)12(14)15-16;/h3-4,16H,1-2H3,(H2,14,15);1H. The topological polar surface area (TPSA) is 101 Å². The van der Waals surface area contributed by atoms with Gasteiger partial charge in [0.15, 0.2) is 17.3 Å². The molecule has 106 valence electrons. The van der Waals surface area contributed by atoms with Crippen molar-refractivity contribution in [1.82, 2.24) is 0 Å². The van der Waals surface area contributed by atoms with Crippen molar-refractivity contribution in [3.05, 3.63) is 22.6 Å². The van der Waals surface area contributed by atoms with Crippen LogP contribution in [0, 0.1) is 11.3 Å². The summed E-state index contributed by atoms with van der Waals surface area (Å²) in [6, 6.07) is 5.54. The number of nitriles is 1. The molecule has 0 bridgehead atoms. The summed E-state index contributed by atoms with van der Waals surface area (Å²) in [7, 11) is 2.98. The molecule has 1 heterocycles. The van der Waals surface area contributed by atoms with Crippen LogP contribution in [0.5, 0.6) is 11.5 Å². The Morgan fingerprint density at radius 1 is 1.40 bits per heavy atom. The highest BCUT2D eigenvalue weighted by Gasteiger charge is 2.18. The quantitative estimate of drug-likeness (QED) is 0.392. The first kappa shape index (κ1) is 15.9. The van der Waals surface area contributed by atoms with Gasteiger partial charge in [-0.2, -0.15) is 5.26 Å². The summed E-state index contributed by atoms with van der Waals surface area (Å²) in [5, 5.41) is 21.6. The van der Waals surface area contributed by atoms with Crippen LogP contribution in [0.1, 0.15) is 10.4 Å². The van der Waals surface area contributed by atoms with E-state index in [1.54, 1.807) is 12.1 Å². The van der Waals surface area contributed by atoms with Crippen molar-refractivity contribution in [1.29, 1.82) is 5.26 Å². The van der Waals surface area contributed by atoms with Crippen molar-refractivity contribution >= 4 is 39.7 Å². The van der Waals surface area contributed by atoms with Crippen LogP contribution in [-0.4, -0.2) is 25.3 Å². The maximum atomic E-state index is 9.28. The number of nitrogens with zero attached hydrogens (tertiary/aromatic N) is 2. The van der Waals surface area contributed by atoms with Crippen LogP contribution in [0.4, 0.5) is 0 Å². The van der Waals surface area contributed by atoms with Gasteiger partial charge in [0.25, 0.3) is 0 Å². The minimum atomic E-state index is 0. The lowest BCUT2D eigenvalue weighted by molar-refractivity contribution is 0.319. The van der Waals surface area contributed by atoms with Crippen molar-refractivity contribution in [2.45, 2.75) is 0 Å². The fourth-order valence-electron chi connectivity index (χ4n) is 1.78. The zero-order chi connectivity index (χ0) is 14.0. The van der Waals surface area contributed by atoms with E-state index in [-0.39, 0.29) is 18.2 Å². The van der Waals surface area contributed by atoms with E-state index in [0.717, 1.165) is 4.70 Å². The molecule has 2 aromatic rings. The Hall–Kier alpha value is -2.17. The molecule has 8 heteroatoms. The van der Waals surface area contributed by atoms with Crippen LogP contribution in [0.2, 0.25) is 0 Å². The van der Waals surface area contributed by atoms with Gasteiger partial charge < -0.3 is 20.4 Å². The Morgan fingerprint density at radius 3 is 2.60 bits per heavy atom. The molecule has 0 spiro atoms. The molecule has 0 saturated carbocycles. The van der Waals surface area contributed by atoms with Gasteiger partial charge >= 0.3 is 0 Å². The summed E-state index contributed by atoms with van der Waals surface area (Å²) < 4.78 is 11.2. The third kappa shape index (κ3) is 2.43. The third-order valence-electron chi connectivity index (χ3n) is 2.64. The fourth-order valence-corrected chi connectivity index (χ4v) is 2.77. The van der Waals surface area contributed by atoms with Gasteiger partial charge in [0.2, 0.25) is 0 Å². The summed E-state index contributed by atoms with van der Waals surface area (Å²) in [4.78, 5) is 0.573. The highest BCUT2D eigenvalue weighted by Crippen LogP contribution is 2.40. The second-order valence-corrected chi connectivity index (χ2v) is 4.69. The zero-order valence-electron chi connectivity index (χ0n) is 10.7. The minimum absolute atomic E-state index is 0. The number of benzene rings is 1. The van der Waals surface area contributed by atoms with Gasteiger partial charge in [-0.25, -0.2) is 0 Å². The molecule has 0 aliphatic carbocycles. The van der Waals surface area contributed by atoms with Crippen LogP contribution >= 0.6 is 23.7 Å². The lowest BCUT2D eigenvalue weighted by Gasteiger charge is -2.09. The molecular formula is C12H12ClN3O3S. The van der Waals surface area contributed by atoms with E-state index in [4.69, 9.17) is 20.4 Å². The molecule has 2 rings (SSSR count). The number of amidine groups is 1. The van der Waals surface area contributed by atoms with E-state index in [1.165, 1.54) is 25.6 Å². The molecule has 3 N–H and O–H groups in total. The Morgan fingerprint density at radius 2 is 2.10 bits per heavy atom. The summed E-state index contributed by atoms with van der Waals surface area (Å²) in [5.74, 6) is 0.851. The monoisotopic (exact) mass is 313 g/mol. The van der Waals surface area contributed by atoms with Crippen LogP contribution in [-0.2, 0) is 0 Å². The molecule has 0 amide bonds. The van der Waals surface area contributed by atoms with Gasteiger partial charge in [-0.1, -0.05) is 5.16 Å². The SMILES string of the molecule is COc1cc2sc(/C(N)=N/O)cc2c(C#N)c1OC.Cl. The van der Waals surface area contributed by atoms with Gasteiger partial charge in [-0.15, -0.1) is 23.7 Å². The first-order chi connectivity index (χ1) is 9.15. The highest BCUT2D eigenvalue weighted by atomic mass is 35.5. The van der Waals surface area contributed by atoms with Gasteiger partial charge in [0.1, 0.15) is 11.6 Å². The van der Waals surface area contributed by atoms with Gasteiger partial charge in [0, 0.05) is 16.2 Å². The summed E-state index contributed by atoms with van der Waals surface area (Å²) in [6.45, 7) is 0. The number of fused-ring (bicyclic) bond motifs is 1. The molecule has 0 fully saturated rings. The van der Waals surface area contributed by atoms with Crippen molar-refractivity contribution < 1.29 is 14.7 Å². The van der Waals surface area contributed by atoms with Crippen molar-refractivity contribution in [2.24, 2.45) is 10.9 Å². The molecule has 0 atom stereocenters. The summed E-state index contributed by atoms with van der Waals surface area (Å²) in [5.41, 5.74) is 5.92. The first-order valence-corrected chi connectivity index (χ1v) is 6.04. The number of nitrogens with two attached hydrogens (primary N) is 1. The van der Waals surface area contributed by atoms with E-state index >= 15 is 0 Å². The summed E-state index contributed by atoms with van der Waals surface area (Å²) in [6.07, 6.45) is 0. The number of methoxy groups -OCH3 is 2. The third-order valence-corrected chi connectivity index (χ3v) is 3.74. The predicted octanol–water partition coefficient (Wildman–Crippen LogP) is 2.31. The molecule has 1 aromatic heterocycles. The minimum Gasteiger partial charge on any atom is -0.493 e. The Labute approximate surface area is 125 Å².